The Morgan fingerprint density at radius 2 is 1.46 bits per heavy atom. The summed E-state index contributed by atoms with van der Waals surface area (Å²) in [5.41, 5.74) is 0. The number of carbonyl (C=O) groups excluding carboxylic acids is 2. The van der Waals surface area contributed by atoms with Crippen LogP contribution in [0.25, 0.3) is 0 Å². The molecule has 0 saturated carbocycles. The minimum absolute atomic E-state index is 0.0156. The van der Waals surface area contributed by atoms with Gasteiger partial charge in [0.25, 0.3) is 0 Å². The van der Waals surface area contributed by atoms with Gasteiger partial charge >= 0.3 is 12.3 Å². The maximum atomic E-state index is 11.3. The Morgan fingerprint density at radius 3 is 2.08 bits per heavy atom. The van der Waals surface area contributed by atoms with Crippen molar-refractivity contribution in [3.8, 4) is 0 Å². The second kappa shape index (κ2) is 16.3. The van der Waals surface area contributed by atoms with Crippen LogP contribution in [-0.2, 0) is 28.7 Å². The summed E-state index contributed by atoms with van der Waals surface area (Å²) in [6.07, 6.45) is 1.86. The first kappa shape index (κ1) is 22.5. The van der Waals surface area contributed by atoms with Crippen LogP contribution in [-0.4, -0.2) is 52.0 Å². The topological polar surface area (TPSA) is 89.5 Å². The van der Waals surface area contributed by atoms with Crippen LogP contribution < -0.4 is 0 Å². The molecule has 0 aromatic heterocycles. The third-order valence-electron chi connectivity index (χ3n) is 3.18. The van der Waals surface area contributed by atoms with E-state index in [2.05, 4.69) is 21.4 Å². The van der Waals surface area contributed by atoms with Crippen molar-refractivity contribution < 1.29 is 38.3 Å². The smallest absolute Gasteiger partial charge is 0.431 e. The predicted molar refractivity (Wildman–Crippen MR) is 85.5 cm³/mol. The van der Waals surface area contributed by atoms with Gasteiger partial charge in [-0.1, -0.05) is 33.1 Å². The molecule has 0 rings (SSSR count). The Balaban J connectivity index is 3.58. The van der Waals surface area contributed by atoms with Crippen LogP contribution in [0, 0.1) is 5.92 Å². The summed E-state index contributed by atoms with van der Waals surface area (Å²) in [6.45, 7) is 7.94. The molecule has 0 aliphatic heterocycles. The third kappa shape index (κ3) is 14.1. The van der Waals surface area contributed by atoms with Gasteiger partial charge in [-0.15, -0.1) is 0 Å². The molecule has 1 unspecified atom stereocenters. The average Bonchev–Trinajstić information content (AvgIpc) is 2.59. The molecule has 8 heteroatoms. The number of hydrogen-bond acceptors (Lipinski definition) is 8. The zero-order valence-corrected chi connectivity index (χ0v) is 14.9. The molecular formula is C16H30O8. The minimum Gasteiger partial charge on any atom is -0.431 e. The SMILES string of the molecule is CCCCC(CC)COC(=O)OOC(=O)OCCOCCOCC. The molecule has 0 fully saturated rings. The molecule has 0 saturated heterocycles. The van der Waals surface area contributed by atoms with E-state index in [0.29, 0.717) is 19.8 Å². The van der Waals surface area contributed by atoms with E-state index in [-0.39, 0.29) is 25.7 Å². The predicted octanol–water partition coefficient (Wildman–Crippen LogP) is 3.48. The Morgan fingerprint density at radius 1 is 0.833 bits per heavy atom. The van der Waals surface area contributed by atoms with Crippen molar-refractivity contribution in [1.82, 2.24) is 0 Å². The van der Waals surface area contributed by atoms with Crippen molar-refractivity contribution in [1.29, 1.82) is 0 Å². The second-order valence-corrected chi connectivity index (χ2v) is 5.05. The first-order chi connectivity index (χ1) is 11.6. The number of ether oxygens (including phenoxy) is 4. The molecule has 0 aromatic carbocycles. The summed E-state index contributed by atoms with van der Waals surface area (Å²) in [5.74, 6) is 0.276. The Labute approximate surface area is 143 Å². The van der Waals surface area contributed by atoms with E-state index in [0.717, 1.165) is 25.7 Å². The molecule has 8 nitrogen and oxygen atoms in total. The van der Waals surface area contributed by atoms with Crippen molar-refractivity contribution in [2.45, 2.75) is 46.5 Å². The van der Waals surface area contributed by atoms with Gasteiger partial charge in [0, 0.05) is 6.61 Å². The van der Waals surface area contributed by atoms with Crippen LogP contribution in [0.4, 0.5) is 9.59 Å². The fourth-order valence-corrected chi connectivity index (χ4v) is 1.75. The van der Waals surface area contributed by atoms with Gasteiger partial charge in [-0.05, 0) is 19.3 Å². The van der Waals surface area contributed by atoms with Crippen molar-refractivity contribution in [3.63, 3.8) is 0 Å². The monoisotopic (exact) mass is 350 g/mol. The molecule has 0 aliphatic rings. The number of rotatable bonds is 13. The molecule has 0 bridgehead atoms. The zero-order valence-electron chi connectivity index (χ0n) is 14.9. The van der Waals surface area contributed by atoms with Gasteiger partial charge in [0.2, 0.25) is 0 Å². The fraction of sp³-hybridized carbons (Fsp3) is 0.875. The summed E-state index contributed by atoms with van der Waals surface area (Å²) >= 11 is 0. The Kier molecular flexibility index (Phi) is 15.3. The lowest BCUT2D eigenvalue weighted by Crippen LogP contribution is -2.18. The lowest BCUT2D eigenvalue weighted by molar-refractivity contribution is -0.219. The van der Waals surface area contributed by atoms with Crippen LogP contribution >= 0.6 is 0 Å². The Hall–Kier alpha value is -1.54. The van der Waals surface area contributed by atoms with Gasteiger partial charge in [0.05, 0.1) is 26.4 Å². The van der Waals surface area contributed by atoms with E-state index >= 15 is 0 Å². The standard InChI is InChI=1S/C16H30O8/c1-4-7-8-14(5-2)13-22-16(18)24-23-15(17)21-12-11-20-10-9-19-6-3/h14H,4-13H2,1-3H3. The van der Waals surface area contributed by atoms with Crippen LogP contribution in [0.1, 0.15) is 46.5 Å². The molecule has 24 heavy (non-hydrogen) atoms. The van der Waals surface area contributed by atoms with E-state index in [9.17, 15) is 9.59 Å². The van der Waals surface area contributed by atoms with E-state index in [1.54, 1.807) is 0 Å². The van der Waals surface area contributed by atoms with E-state index in [1.807, 2.05) is 13.8 Å². The molecular weight excluding hydrogens is 320 g/mol. The summed E-state index contributed by atoms with van der Waals surface area (Å²) in [4.78, 5) is 30.9. The van der Waals surface area contributed by atoms with Crippen molar-refractivity contribution in [2.24, 2.45) is 5.92 Å². The van der Waals surface area contributed by atoms with E-state index < -0.39 is 12.3 Å². The van der Waals surface area contributed by atoms with Crippen LogP contribution in [0.2, 0.25) is 0 Å². The fourth-order valence-electron chi connectivity index (χ4n) is 1.75. The number of hydrogen-bond donors (Lipinski definition) is 0. The zero-order chi connectivity index (χ0) is 18.0. The summed E-state index contributed by atoms with van der Waals surface area (Å²) in [6, 6.07) is 0. The largest absolute Gasteiger partial charge is 0.550 e. The maximum Gasteiger partial charge on any atom is 0.550 e. The van der Waals surface area contributed by atoms with Crippen molar-refractivity contribution in [3.05, 3.63) is 0 Å². The molecule has 0 aliphatic carbocycles. The molecule has 0 N–H and O–H groups in total. The van der Waals surface area contributed by atoms with Gasteiger partial charge in [0.1, 0.15) is 6.61 Å². The molecule has 0 radical (unpaired) electrons. The summed E-state index contributed by atoms with van der Waals surface area (Å²) in [5, 5.41) is 0. The minimum atomic E-state index is -1.13. The second-order valence-electron chi connectivity index (χ2n) is 5.05. The maximum absolute atomic E-state index is 11.3. The first-order valence-corrected chi connectivity index (χ1v) is 8.47. The van der Waals surface area contributed by atoms with Gasteiger partial charge < -0.3 is 18.9 Å². The highest BCUT2D eigenvalue weighted by Gasteiger charge is 2.14. The first-order valence-electron chi connectivity index (χ1n) is 8.47. The molecule has 0 amide bonds. The van der Waals surface area contributed by atoms with Gasteiger partial charge in [-0.3, -0.25) is 0 Å². The molecule has 0 aromatic rings. The highest BCUT2D eigenvalue weighted by atomic mass is 17.3. The highest BCUT2D eigenvalue weighted by molar-refractivity contribution is 5.63. The van der Waals surface area contributed by atoms with Gasteiger partial charge in [0.15, 0.2) is 0 Å². The van der Waals surface area contributed by atoms with Crippen LogP contribution in [0.3, 0.4) is 0 Å². The van der Waals surface area contributed by atoms with Crippen LogP contribution in [0.15, 0.2) is 0 Å². The highest BCUT2D eigenvalue weighted by Crippen LogP contribution is 2.13. The average molecular weight is 350 g/mol. The normalized spacial score (nSPS) is 11.6. The summed E-state index contributed by atoms with van der Waals surface area (Å²) < 4.78 is 19.7. The van der Waals surface area contributed by atoms with Crippen molar-refractivity contribution >= 4 is 12.3 Å². The molecule has 142 valence electrons. The third-order valence-corrected chi connectivity index (χ3v) is 3.18. The lowest BCUT2D eigenvalue weighted by Gasteiger charge is -2.13. The van der Waals surface area contributed by atoms with Gasteiger partial charge in [-0.2, -0.15) is 19.4 Å². The molecule has 0 heterocycles. The lowest BCUT2D eigenvalue weighted by atomic mass is 10.0. The summed E-state index contributed by atoms with van der Waals surface area (Å²) in [7, 11) is 0. The number of unbranched alkanes of at least 4 members (excludes halogenated alkanes) is 1. The van der Waals surface area contributed by atoms with Gasteiger partial charge in [-0.25, -0.2) is 0 Å². The quantitative estimate of drug-likeness (QED) is 0.216. The van der Waals surface area contributed by atoms with E-state index in [1.165, 1.54) is 0 Å². The molecule has 0 spiro atoms. The Bertz CT molecular complexity index is 321. The van der Waals surface area contributed by atoms with Crippen LogP contribution in [0.5, 0.6) is 0 Å². The van der Waals surface area contributed by atoms with Crippen molar-refractivity contribution in [2.75, 3.05) is 39.6 Å². The van der Waals surface area contributed by atoms with E-state index in [4.69, 9.17) is 14.2 Å². The number of carbonyl (C=O) groups is 2. The molecule has 1 atom stereocenters.